The van der Waals surface area contributed by atoms with Crippen molar-refractivity contribution in [2.75, 3.05) is 0 Å². The zero-order valence-corrected chi connectivity index (χ0v) is 12.5. The van der Waals surface area contributed by atoms with Gasteiger partial charge in [-0.2, -0.15) is 0 Å². The molecule has 0 aromatic carbocycles. The van der Waals surface area contributed by atoms with Crippen molar-refractivity contribution in [1.29, 1.82) is 0 Å². The Morgan fingerprint density at radius 1 is 1.55 bits per heavy atom. The molecule has 0 aliphatic carbocycles. The van der Waals surface area contributed by atoms with Crippen LogP contribution >= 0.6 is 0 Å². The molecule has 0 atom stereocenters. The summed E-state index contributed by atoms with van der Waals surface area (Å²) in [7, 11) is 5.48. The molecular weight excluding hydrogens is 208 g/mol. The van der Waals surface area contributed by atoms with E-state index in [1.807, 2.05) is 6.92 Å². The van der Waals surface area contributed by atoms with Gasteiger partial charge < -0.3 is 9.46 Å². The first-order valence-electron chi connectivity index (χ1n) is 3.35. The van der Waals surface area contributed by atoms with E-state index in [1.54, 1.807) is 0 Å². The van der Waals surface area contributed by atoms with Crippen LogP contribution in [-0.2, 0) is 0 Å². The van der Waals surface area contributed by atoms with Gasteiger partial charge in [-0.25, -0.2) is 0 Å². The van der Waals surface area contributed by atoms with Gasteiger partial charge in [0.25, 0.3) is 0 Å². The van der Waals surface area contributed by atoms with Crippen molar-refractivity contribution < 1.29 is 58.2 Å². The zero-order valence-electron chi connectivity index (χ0n) is 7.55. The first-order valence-corrected chi connectivity index (χ1v) is 3.35. The molecule has 0 unspecified atom stereocenters. The predicted molar refractivity (Wildman–Crippen MR) is 41.0 cm³/mol. The minimum atomic E-state index is 0. The zero-order chi connectivity index (χ0) is 7.72. The van der Waals surface area contributed by atoms with E-state index >= 15 is 0 Å². The number of rotatable bonds is 1. The Balaban J connectivity index is 0.000001000. The van der Waals surface area contributed by atoms with Crippen molar-refractivity contribution in [3.8, 4) is 0 Å². The molecule has 0 fully saturated rings. The maximum absolute atomic E-state index is 5.48. The normalized spacial score (nSPS) is 9.82. The van der Waals surface area contributed by atoms with E-state index < -0.39 is 0 Å². The Morgan fingerprint density at radius 3 is 2.27 bits per heavy atom. The van der Waals surface area contributed by atoms with E-state index in [2.05, 4.69) is 25.2 Å². The van der Waals surface area contributed by atoms with Gasteiger partial charge in [0.2, 0.25) is 7.98 Å². The van der Waals surface area contributed by atoms with Crippen molar-refractivity contribution in [3.63, 3.8) is 0 Å². The van der Waals surface area contributed by atoms with E-state index in [0.717, 1.165) is 11.4 Å². The summed E-state index contributed by atoms with van der Waals surface area (Å²) in [4.78, 5) is 4.03. The summed E-state index contributed by atoms with van der Waals surface area (Å²) in [5, 5.41) is 0. The van der Waals surface area contributed by atoms with Gasteiger partial charge in [-0.1, -0.05) is 32.4 Å². The van der Waals surface area contributed by atoms with E-state index in [-0.39, 0.29) is 58.2 Å². The summed E-state index contributed by atoms with van der Waals surface area (Å²) < 4.78 is 1.43. The predicted octanol–water partition coefficient (Wildman–Crippen LogP) is -1.95. The molecule has 0 aliphatic heterocycles. The Bertz CT molecular complexity index is 232. The van der Waals surface area contributed by atoms with Crippen molar-refractivity contribution >= 4 is 7.98 Å². The number of aromatic nitrogens is 2. The molecule has 1 heterocycles. The van der Waals surface area contributed by atoms with E-state index in [9.17, 15) is 0 Å². The number of nitrogens with zero attached hydrogens (tertiary/aromatic N) is 2. The fourth-order valence-corrected chi connectivity index (χ4v) is 0.934. The molecular formula is C7H10BN2Rb. The van der Waals surface area contributed by atoms with Crippen LogP contribution < -0.4 is 58.2 Å². The third kappa shape index (κ3) is 2.79. The van der Waals surface area contributed by atoms with Crippen LogP contribution in [0.3, 0.4) is 0 Å². The molecule has 1 rings (SSSR count). The maximum atomic E-state index is 5.48. The maximum Gasteiger partial charge on any atom is 1.00 e. The van der Waals surface area contributed by atoms with Crippen molar-refractivity contribution in [2.45, 2.75) is 26.7 Å². The molecule has 0 bridgehead atoms. The number of hydrogen-bond donors (Lipinski definition) is 0. The van der Waals surface area contributed by atoms with E-state index in [0.29, 0.717) is 5.92 Å². The molecule has 0 N–H and O–H groups in total. The van der Waals surface area contributed by atoms with E-state index in [4.69, 9.17) is 7.98 Å². The Hall–Kier alpha value is 1.08. The topological polar surface area (TPSA) is 17.8 Å². The SMILES string of the molecule is [B]n1[c-]nc(C(C)C)c1C.[Rb+]. The van der Waals surface area contributed by atoms with Crippen molar-refractivity contribution in [3.05, 3.63) is 17.7 Å². The van der Waals surface area contributed by atoms with Gasteiger partial charge in [-0.3, -0.25) is 0 Å². The quantitative estimate of drug-likeness (QED) is 0.396. The summed E-state index contributed by atoms with van der Waals surface area (Å²) in [5.41, 5.74) is 2.03. The largest absolute Gasteiger partial charge is 1.00 e. The van der Waals surface area contributed by atoms with Gasteiger partial charge in [0.1, 0.15) is 0 Å². The Labute approximate surface area is 118 Å². The minimum absolute atomic E-state index is 0. The average molecular weight is 218 g/mol. The van der Waals surface area contributed by atoms with Crippen LogP contribution in [0.15, 0.2) is 0 Å². The van der Waals surface area contributed by atoms with Gasteiger partial charge in [0.05, 0.1) is 0 Å². The van der Waals surface area contributed by atoms with Crippen LogP contribution in [-0.4, -0.2) is 17.4 Å². The average Bonchev–Trinajstić information content (AvgIpc) is 2.14. The monoisotopic (exact) mass is 218 g/mol. The summed E-state index contributed by atoms with van der Waals surface area (Å²) in [6, 6.07) is 0. The smallest absolute Gasteiger partial charge is 0.507 e. The molecule has 0 saturated carbocycles. The van der Waals surface area contributed by atoms with Crippen molar-refractivity contribution in [2.24, 2.45) is 0 Å². The molecule has 11 heavy (non-hydrogen) atoms. The molecule has 1 aromatic rings. The first kappa shape index (κ1) is 12.1. The fraction of sp³-hybridized carbons (Fsp3) is 0.571. The molecule has 2 radical (unpaired) electrons. The number of imidazole rings is 1. The van der Waals surface area contributed by atoms with Crippen molar-refractivity contribution in [1.82, 2.24) is 9.46 Å². The molecule has 0 spiro atoms. The second-order valence-electron chi connectivity index (χ2n) is 2.71. The van der Waals surface area contributed by atoms with Gasteiger partial charge in [0.15, 0.2) is 0 Å². The standard InChI is InChI=1S/C7H10BN2.Rb/c1-5(2)7-6(3)10(8)4-9-7;/h5H,1-3H3;/q-1;+1. The summed E-state index contributed by atoms with van der Waals surface area (Å²) in [6.45, 7) is 6.12. The Morgan fingerprint density at radius 2 is 2.09 bits per heavy atom. The minimum Gasteiger partial charge on any atom is -0.507 e. The second-order valence-corrected chi connectivity index (χ2v) is 2.71. The van der Waals surface area contributed by atoms with Gasteiger partial charge in [0, 0.05) is 0 Å². The molecule has 2 nitrogen and oxygen atoms in total. The number of hydrogen-bond acceptors (Lipinski definition) is 1. The molecule has 0 amide bonds. The Kier molecular flexibility index (Phi) is 5.44. The second kappa shape index (κ2) is 4.95. The van der Waals surface area contributed by atoms with Crippen LogP contribution in [0.1, 0.15) is 31.2 Å². The fourth-order valence-electron chi connectivity index (χ4n) is 0.934. The first-order chi connectivity index (χ1) is 4.63. The summed E-state index contributed by atoms with van der Waals surface area (Å²) >= 11 is 0. The summed E-state index contributed by atoms with van der Waals surface area (Å²) in [6.07, 6.45) is 2.66. The van der Waals surface area contributed by atoms with Gasteiger partial charge >= 0.3 is 58.2 Å². The molecule has 0 saturated heterocycles. The van der Waals surface area contributed by atoms with Gasteiger partial charge in [-0.05, 0) is 6.33 Å². The van der Waals surface area contributed by atoms with Crippen LogP contribution in [0.5, 0.6) is 0 Å². The molecule has 52 valence electrons. The molecule has 1 aromatic heterocycles. The van der Waals surface area contributed by atoms with E-state index in [1.165, 1.54) is 4.48 Å². The van der Waals surface area contributed by atoms with Gasteiger partial charge in [-0.15, -0.1) is 5.69 Å². The van der Waals surface area contributed by atoms with Crippen LogP contribution in [0, 0.1) is 13.3 Å². The third-order valence-corrected chi connectivity index (χ3v) is 1.56. The molecule has 4 heteroatoms. The van der Waals surface area contributed by atoms with Crippen LogP contribution in [0.4, 0.5) is 0 Å². The van der Waals surface area contributed by atoms with Crippen LogP contribution in [0.2, 0.25) is 0 Å². The molecule has 0 aliphatic rings. The summed E-state index contributed by atoms with van der Waals surface area (Å²) in [5.74, 6) is 0.432. The third-order valence-electron chi connectivity index (χ3n) is 1.56. The van der Waals surface area contributed by atoms with Crippen LogP contribution in [0.25, 0.3) is 0 Å².